The van der Waals surface area contributed by atoms with Gasteiger partial charge in [-0.2, -0.15) is 0 Å². The van der Waals surface area contributed by atoms with E-state index in [0.717, 1.165) is 0 Å². The molecule has 0 aliphatic rings. The van der Waals surface area contributed by atoms with E-state index in [0.29, 0.717) is 11.8 Å². The molecule has 3 aromatic carbocycles. The van der Waals surface area contributed by atoms with Gasteiger partial charge in [-0.3, -0.25) is 0 Å². The minimum Gasteiger partial charge on any atom is -0.344 e. The van der Waals surface area contributed by atoms with Crippen LogP contribution in [0.3, 0.4) is 0 Å². The van der Waals surface area contributed by atoms with Crippen LogP contribution in [0.2, 0.25) is 0 Å². The highest BCUT2D eigenvalue weighted by molar-refractivity contribution is 5.88. The third-order valence-electron chi connectivity index (χ3n) is 5.19. The molecule has 142 valence electrons. The van der Waals surface area contributed by atoms with Crippen molar-refractivity contribution < 1.29 is 0 Å². The van der Waals surface area contributed by atoms with Crippen molar-refractivity contribution in [2.45, 2.75) is 53.4 Å². The number of aryl methyl sites for hydroxylation is 2. The highest BCUT2D eigenvalue weighted by Crippen LogP contribution is 2.42. The maximum atomic E-state index is 2.34. The molecule has 0 spiro atoms. The van der Waals surface area contributed by atoms with Gasteiger partial charge in [0.1, 0.15) is 0 Å². The van der Waals surface area contributed by atoms with Crippen molar-refractivity contribution in [2.75, 3.05) is 0 Å². The summed E-state index contributed by atoms with van der Waals surface area (Å²) in [6, 6.07) is 22.7. The van der Waals surface area contributed by atoms with E-state index in [-0.39, 0.29) is 6.15 Å². The van der Waals surface area contributed by atoms with Gasteiger partial charge in [-0.1, -0.05) is 99.5 Å². The Hall–Kier alpha value is -2.38. The Bertz CT molecular complexity index is 808. The van der Waals surface area contributed by atoms with Crippen molar-refractivity contribution in [1.82, 2.24) is 6.15 Å². The topological polar surface area (TPSA) is 35.0 Å². The molecule has 0 fully saturated rings. The zero-order chi connectivity index (χ0) is 18.8. The van der Waals surface area contributed by atoms with Crippen molar-refractivity contribution >= 4 is 0 Å². The van der Waals surface area contributed by atoms with Crippen LogP contribution in [-0.4, -0.2) is 0 Å². The Kier molecular flexibility index (Phi) is 6.62. The van der Waals surface area contributed by atoms with E-state index >= 15 is 0 Å². The van der Waals surface area contributed by atoms with Gasteiger partial charge in [-0.15, -0.1) is 0 Å². The molecule has 0 atom stereocenters. The normalized spacial score (nSPS) is 11.0. The van der Waals surface area contributed by atoms with Crippen molar-refractivity contribution in [1.29, 1.82) is 0 Å². The second kappa shape index (κ2) is 8.54. The van der Waals surface area contributed by atoms with Crippen LogP contribution in [-0.2, 0) is 0 Å². The molecule has 1 heteroatoms. The smallest absolute Gasteiger partial charge is 0.00678 e. The molecule has 0 saturated carbocycles. The lowest BCUT2D eigenvalue weighted by molar-refractivity contribution is 0.849. The average molecular weight is 360 g/mol. The fourth-order valence-electron chi connectivity index (χ4n) is 3.66. The van der Waals surface area contributed by atoms with Crippen molar-refractivity contribution in [3.05, 3.63) is 82.9 Å². The van der Waals surface area contributed by atoms with Crippen molar-refractivity contribution in [3.8, 4) is 22.3 Å². The van der Waals surface area contributed by atoms with Crippen molar-refractivity contribution in [2.24, 2.45) is 0 Å². The van der Waals surface area contributed by atoms with Crippen LogP contribution in [0, 0.1) is 13.8 Å². The summed E-state index contributed by atoms with van der Waals surface area (Å²) in [4.78, 5) is 0. The zero-order valence-corrected chi connectivity index (χ0v) is 17.6. The highest BCUT2D eigenvalue weighted by Gasteiger charge is 2.19. The lowest BCUT2D eigenvalue weighted by Crippen LogP contribution is -2.01. The third-order valence-corrected chi connectivity index (χ3v) is 5.19. The lowest BCUT2D eigenvalue weighted by atomic mass is 9.81. The molecule has 0 bridgehead atoms. The standard InChI is InChI=1S/C26H30.H3N/c1-17(2)23-15-16-24(18(3)4)26(22-13-9-20(6)10-14-22)25(23)21-11-7-19(5)8-12-21;/h7-18H,1-6H3;1H3. The molecule has 3 aromatic rings. The summed E-state index contributed by atoms with van der Waals surface area (Å²) in [5.74, 6) is 0.966. The number of hydrogen-bond acceptors (Lipinski definition) is 1. The Labute approximate surface area is 165 Å². The van der Waals surface area contributed by atoms with E-state index < -0.39 is 0 Å². The fourth-order valence-corrected chi connectivity index (χ4v) is 3.66. The first-order valence-electron chi connectivity index (χ1n) is 9.69. The summed E-state index contributed by atoms with van der Waals surface area (Å²) in [5.41, 5.74) is 10.9. The van der Waals surface area contributed by atoms with Crippen LogP contribution >= 0.6 is 0 Å². The van der Waals surface area contributed by atoms with Gasteiger partial charge < -0.3 is 6.15 Å². The summed E-state index contributed by atoms with van der Waals surface area (Å²) in [6.07, 6.45) is 0. The number of hydrogen-bond donors (Lipinski definition) is 1. The molecule has 0 aromatic heterocycles. The Balaban J connectivity index is 0.00000261. The second-order valence-electron chi connectivity index (χ2n) is 8.04. The summed E-state index contributed by atoms with van der Waals surface area (Å²) in [6.45, 7) is 13.5. The molecule has 0 aliphatic heterocycles. The maximum Gasteiger partial charge on any atom is -0.00678 e. The van der Waals surface area contributed by atoms with E-state index in [2.05, 4.69) is 102 Å². The molecule has 0 heterocycles. The van der Waals surface area contributed by atoms with Crippen LogP contribution < -0.4 is 6.15 Å². The van der Waals surface area contributed by atoms with Crippen LogP contribution in [0.15, 0.2) is 60.7 Å². The Morgan fingerprint density at radius 3 is 1.04 bits per heavy atom. The van der Waals surface area contributed by atoms with Gasteiger partial charge in [0.2, 0.25) is 0 Å². The molecule has 3 N–H and O–H groups in total. The van der Waals surface area contributed by atoms with Crippen LogP contribution in [0.1, 0.15) is 61.8 Å². The number of benzene rings is 3. The van der Waals surface area contributed by atoms with Gasteiger partial charge in [0, 0.05) is 0 Å². The summed E-state index contributed by atoms with van der Waals surface area (Å²) >= 11 is 0. The Morgan fingerprint density at radius 2 is 0.778 bits per heavy atom. The highest BCUT2D eigenvalue weighted by atomic mass is 14.2. The molecule has 3 rings (SSSR count). The van der Waals surface area contributed by atoms with E-state index in [9.17, 15) is 0 Å². The molecular weight excluding hydrogens is 326 g/mol. The fraction of sp³-hybridized carbons (Fsp3) is 0.308. The van der Waals surface area contributed by atoms with Crippen molar-refractivity contribution in [3.63, 3.8) is 0 Å². The number of rotatable bonds is 4. The van der Waals surface area contributed by atoms with Crippen LogP contribution in [0.4, 0.5) is 0 Å². The first-order chi connectivity index (χ1) is 12.4. The first-order valence-corrected chi connectivity index (χ1v) is 9.69. The molecule has 27 heavy (non-hydrogen) atoms. The molecule has 0 aliphatic carbocycles. The maximum absolute atomic E-state index is 2.34. The molecule has 0 radical (unpaired) electrons. The van der Waals surface area contributed by atoms with Gasteiger partial charge in [-0.25, -0.2) is 0 Å². The molecule has 0 unspecified atom stereocenters. The quantitative estimate of drug-likeness (QED) is 0.502. The molecule has 1 nitrogen and oxygen atoms in total. The van der Waals surface area contributed by atoms with Gasteiger partial charge in [0.25, 0.3) is 0 Å². The third kappa shape index (κ3) is 4.31. The van der Waals surface area contributed by atoms with Gasteiger partial charge >= 0.3 is 0 Å². The summed E-state index contributed by atoms with van der Waals surface area (Å²) in [7, 11) is 0. The molecule has 0 amide bonds. The summed E-state index contributed by atoms with van der Waals surface area (Å²) < 4.78 is 0. The summed E-state index contributed by atoms with van der Waals surface area (Å²) in [5, 5.41) is 0. The van der Waals surface area contributed by atoms with E-state index in [1.807, 2.05) is 0 Å². The SMILES string of the molecule is Cc1ccc(-c2c(C(C)C)ccc(C(C)C)c2-c2ccc(C)cc2)cc1.N. The van der Waals surface area contributed by atoms with Crippen LogP contribution in [0.5, 0.6) is 0 Å². The first kappa shape index (κ1) is 20.9. The lowest BCUT2D eigenvalue weighted by Gasteiger charge is -2.23. The predicted molar refractivity (Wildman–Crippen MR) is 120 cm³/mol. The minimum atomic E-state index is 0. The van der Waals surface area contributed by atoms with E-state index in [1.54, 1.807) is 0 Å². The zero-order valence-electron chi connectivity index (χ0n) is 17.6. The van der Waals surface area contributed by atoms with E-state index in [1.165, 1.54) is 44.5 Å². The second-order valence-corrected chi connectivity index (χ2v) is 8.04. The molecule has 0 saturated heterocycles. The molecular formula is C26H33N. The van der Waals surface area contributed by atoms with Crippen LogP contribution in [0.25, 0.3) is 22.3 Å². The largest absolute Gasteiger partial charge is 0.344 e. The predicted octanol–water partition coefficient (Wildman–Crippen LogP) is 8.05. The minimum absolute atomic E-state index is 0. The monoisotopic (exact) mass is 359 g/mol. The van der Waals surface area contributed by atoms with Gasteiger partial charge in [0.15, 0.2) is 0 Å². The van der Waals surface area contributed by atoms with E-state index in [4.69, 9.17) is 0 Å². The van der Waals surface area contributed by atoms with Gasteiger partial charge in [0.05, 0.1) is 0 Å². The Morgan fingerprint density at radius 1 is 0.481 bits per heavy atom. The average Bonchev–Trinajstić information content (AvgIpc) is 2.61. The van der Waals surface area contributed by atoms with Gasteiger partial charge in [-0.05, 0) is 59.1 Å².